The fraction of sp³-hybridized carbons (Fsp3) is 0.353. The Bertz CT molecular complexity index is 876. The number of hydrogen-bond donors (Lipinski definition) is 2. The van der Waals surface area contributed by atoms with E-state index in [4.69, 9.17) is 0 Å². The van der Waals surface area contributed by atoms with Crippen molar-refractivity contribution in [1.82, 2.24) is 14.6 Å². The molecule has 7 heteroatoms. The third-order valence-electron chi connectivity index (χ3n) is 4.06. The summed E-state index contributed by atoms with van der Waals surface area (Å²) in [6.07, 6.45) is 4.62. The Balaban J connectivity index is 2.04. The predicted octanol–water partition coefficient (Wildman–Crippen LogP) is 1.36. The summed E-state index contributed by atoms with van der Waals surface area (Å²) in [5.74, 6) is -0.407. The number of aryl methyl sites for hydroxylation is 1. The third kappa shape index (κ3) is 3.24. The van der Waals surface area contributed by atoms with E-state index in [-0.39, 0.29) is 5.56 Å². The van der Waals surface area contributed by atoms with Crippen LogP contribution in [0.5, 0.6) is 5.88 Å². The molecule has 0 saturated carbocycles. The molecule has 1 aromatic carbocycles. The van der Waals surface area contributed by atoms with Gasteiger partial charge in [-0.15, -0.1) is 0 Å². The van der Waals surface area contributed by atoms with E-state index in [1.807, 2.05) is 18.0 Å². The van der Waals surface area contributed by atoms with Crippen LogP contribution in [0.3, 0.4) is 0 Å². The lowest BCUT2D eigenvalue weighted by molar-refractivity contribution is 0.240. The molecular formula is C17H20N4O3. The molecule has 0 radical (unpaired) electrons. The number of aromatic amines is 1. The highest BCUT2D eigenvalue weighted by Crippen LogP contribution is 2.16. The van der Waals surface area contributed by atoms with Gasteiger partial charge in [0.2, 0.25) is 5.88 Å². The number of nitrogens with zero attached hydrogens (tertiary/aromatic N) is 3. The van der Waals surface area contributed by atoms with Crippen molar-refractivity contribution in [2.45, 2.75) is 26.2 Å². The average Bonchev–Trinajstić information content (AvgIpc) is 2.55. The molecule has 3 rings (SSSR count). The topological polar surface area (TPSA) is 90.7 Å². The predicted molar refractivity (Wildman–Crippen MR) is 92.1 cm³/mol. The number of aromatic hydroxyl groups is 1. The number of benzene rings is 1. The molecular weight excluding hydrogens is 308 g/mol. The molecule has 2 aromatic rings. The van der Waals surface area contributed by atoms with E-state index < -0.39 is 17.1 Å². The zero-order valence-electron chi connectivity index (χ0n) is 13.5. The third-order valence-corrected chi connectivity index (χ3v) is 4.06. The van der Waals surface area contributed by atoms with Crippen molar-refractivity contribution in [3.8, 4) is 11.6 Å². The van der Waals surface area contributed by atoms with Crippen molar-refractivity contribution in [2.75, 3.05) is 13.1 Å². The molecule has 0 unspecified atom stereocenters. The minimum absolute atomic E-state index is 0.0262. The first-order chi connectivity index (χ1) is 11.6. The molecule has 0 amide bonds. The average molecular weight is 328 g/mol. The monoisotopic (exact) mass is 328 g/mol. The van der Waals surface area contributed by atoms with Crippen LogP contribution < -0.4 is 11.2 Å². The van der Waals surface area contributed by atoms with Gasteiger partial charge in [-0.3, -0.25) is 14.8 Å². The van der Waals surface area contributed by atoms with Gasteiger partial charge >= 0.3 is 5.69 Å². The number of aromatic nitrogens is 2. The highest BCUT2D eigenvalue weighted by molar-refractivity contribution is 5.82. The summed E-state index contributed by atoms with van der Waals surface area (Å²) in [6.45, 7) is 3.54. The summed E-state index contributed by atoms with van der Waals surface area (Å²) in [7, 11) is 0. The van der Waals surface area contributed by atoms with Crippen LogP contribution in [0.1, 0.15) is 30.4 Å². The first kappa shape index (κ1) is 16.0. The molecule has 1 aliphatic heterocycles. The Morgan fingerprint density at radius 2 is 1.96 bits per heavy atom. The Labute approximate surface area is 138 Å². The number of hydrogen-bond acceptors (Lipinski definition) is 5. The first-order valence-corrected chi connectivity index (χ1v) is 8.00. The van der Waals surface area contributed by atoms with Gasteiger partial charge in [-0.05, 0) is 43.9 Å². The van der Waals surface area contributed by atoms with Gasteiger partial charge in [-0.25, -0.2) is 9.36 Å². The molecule has 0 aliphatic carbocycles. The summed E-state index contributed by atoms with van der Waals surface area (Å²) in [5, 5.41) is 16.6. The fourth-order valence-corrected chi connectivity index (χ4v) is 2.79. The maximum absolute atomic E-state index is 12.1. The Kier molecular flexibility index (Phi) is 4.50. The van der Waals surface area contributed by atoms with Crippen molar-refractivity contribution in [3.63, 3.8) is 0 Å². The lowest BCUT2D eigenvalue weighted by atomic mass is 10.2. The number of piperidine rings is 1. The largest absolute Gasteiger partial charge is 0.493 e. The van der Waals surface area contributed by atoms with Gasteiger partial charge in [0.1, 0.15) is 5.56 Å². The summed E-state index contributed by atoms with van der Waals surface area (Å²) in [6, 6.07) is 7.11. The van der Waals surface area contributed by atoms with E-state index in [1.165, 1.54) is 12.6 Å². The number of nitrogens with one attached hydrogen (secondary N) is 1. The second-order valence-corrected chi connectivity index (χ2v) is 5.93. The quantitative estimate of drug-likeness (QED) is 0.832. The molecule has 2 N–H and O–H groups in total. The van der Waals surface area contributed by atoms with Crippen LogP contribution in [0.4, 0.5) is 0 Å². The number of H-pyrrole nitrogens is 1. The fourth-order valence-electron chi connectivity index (χ4n) is 2.79. The summed E-state index contributed by atoms with van der Waals surface area (Å²) in [4.78, 5) is 26.4. The smallest absolute Gasteiger partial charge is 0.335 e. The molecule has 126 valence electrons. The molecule has 0 spiro atoms. The molecule has 2 heterocycles. The van der Waals surface area contributed by atoms with E-state index >= 15 is 0 Å². The second-order valence-electron chi connectivity index (χ2n) is 5.93. The molecule has 7 nitrogen and oxygen atoms in total. The molecule has 24 heavy (non-hydrogen) atoms. The van der Waals surface area contributed by atoms with Crippen LogP contribution in [0.15, 0.2) is 39.0 Å². The van der Waals surface area contributed by atoms with Crippen molar-refractivity contribution >= 4 is 6.21 Å². The summed E-state index contributed by atoms with van der Waals surface area (Å²) in [5.41, 5.74) is 0.0666. The molecule has 0 bridgehead atoms. The second kappa shape index (κ2) is 6.74. The van der Waals surface area contributed by atoms with Crippen LogP contribution in [-0.2, 0) is 0 Å². The van der Waals surface area contributed by atoms with E-state index in [1.54, 1.807) is 18.2 Å². The SMILES string of the molecule is Cc1cccc(-n2c(O)c(/C=N/N3CCCCC3)c(=O)[nH]c2=O)c1. The van der Waals surface area contributed by atoms with E-state index in [9.17, 15) is 14.7 Å². The zero-order valence-corrected chi connectivity index (χ0v) is 13.5. The van der Waals surface area contributed by atoms with Crippen LogP contribution in [0, 0.1) is 6.92 Å². The van der Waals surface area contributed by atoms with Crippen LogP contribution >= 0.6 is 0 Å². The molecule has 1 aromatic heterocycles. The molecule has 1 aliphatic rings. The van der Waals surface area contributed by atoms with Crippen LogP contribution in [0.2, 0.25) is 0 Å². The lowest BCUT2D eigenvalue weighted by Gasteiger charge is -2.23. The first-order valence-electron chi connectivity index (χ1n) is 8.00. The number of hydrazone groups is 1. The summed E-state index contributed by atoms with van der Waals surface area (Å²) >= 11 is 0. The maximum Gasteiger partial charge on any atom is 0.335 e. The van der Waals surface area contributed by atoms with Crippen molar-refractivity contribution < 1.29 is 5.11 Å². The molecule has 0 atom stereocenters. The van der Waals surface area contributed by atoms with Crippen LogP contribution in [0.25, 0.3) is 5.69 Å². The molecule has 1 saturated heterocycles. The van der Waals surface area contributed by atoms with E-state index in [0.717, 1.165) is 36.1 Å². The highest BCUT2D eigenvalue weighted by atomic mass is 16.3. The standard InChI is InChI=1S/C17H20N4O3/c1-12-6-5-7-13(10-12)21-16(23)14(15(22)19-17(21)24)11-18-20-8-3-2-4-9-20/h5-7,10-11,23H,2-4,8-9H2,1H3,(H,19,22,24)/b18-11+. The van der Waals surface area contributed by atoms with Crippen molar-refractivity contribution in [2.24, 2.45) is 5.10 Å². The van der Waals surface area contributed by atoms with Crippen molar-refractivity contribution in [1.29, 1.82) is 0 Å². The maximum atomic E-state index is 12.1. The van der Waals surface area contributed by atoms with Gasteiger partial charge in [0.25, 0.3) is 5.56 Å². The van der Waals surface area contributed by atoms with Gasteiger partial charge in [0, 0.05) is 13.1 Å². The highest BCUT2D eigenvalue weighted by Gasteiger charge is 2.15. The van der Waals surface area contributed by atoms with E-state index in [2.05, 4.69) is 10.1 Å². The van der Waals surface area contributed by atoms with Gasteiger partial charge in [0.05, 0.1) is 11.9 Å². The number of rotatable bonds is 3. The minimum Gasteiger partial charge on any atom is -0.493 e. The Morgan fingerprint density at radius 3 is 2.67 bits per heavy atom. The normalized spacial score (nSPS) is 15.1. The van der Waals surface area contributed by atoms with E-state index in [0.29, 0.717) is 5.69 Å². The van der Waals surface area contributed by atoms with Crippen LogP contribution in [-0.4, -0.2) is 39.0 Å². The lowest BCUT2D eigenvalue weighted by Crippen LogP contribution is -2.32. The summed E-state index contributed by atoms with van der Waals surface area (Å²) < 4.78 is 1.08. The Morgan fingerprint density at radius 1 is 1.21 bits per heavy atom. The van der Waals surface area contributed by atoms with Gasteiger partial charge in [0.15, 0.2) is 0 Å². The Hall–Kier alpha value is -2.83. The van der Waals surface area contributed by atoms with Gasteiger partial charge in [-0.2, -0.15) is 5.10 Å². The van der Waals surface area contributed by atoms with Gasteiger partial charge in [-0.1, -0.05) is 12.1 Å². The molecule has 1 fully saturated rings. The van der Waals surface area contributed by atoms with Gasteiger partial charge < -0.3 is 5.11 Å². The minimum atomic E-state index is -0.682. The van der Waals surface area contributed by atoms with Crippen molar-refractivity contribution in [3.05, 3.63) is 56.2 Å². The zero-order chi connectivity index (χ0) is 17.1.